The Labute approximate surface area is 149 Å². The third-order valence-electron chi connectivity index (χ3n) is 4.27. The zero-order valence-electron chi connectivity index (χ0n) is 13.9. The first kappa shape index (κ1) is 18.0. The van der Waals surface area contributed by atoms with Crippen molar-refractivity contribution in [2.75, 3.05) is 0 Å². The van der Waals surface area contributed by atoms with E-state index in [1.807, 2.05) is 30.3 Å². The molecule has 136 valence electrons. The van der Waals surface area contributed by atoms with Crippen molar-refractivity contribution in [3.63, 3.8) is 0 Å². The highest BCUT2D eigenvalue weighted by molar-refractivity contribution is 5.90. The number of non-ortho nitro benzene ring substituents is 1. The molecule has 2 aromatic rings. The average Bonchev–Trinajstić information content (AvgIpc) is 3.00. The molecule has 3 atom stereocenters. The lowest BCUT2D eigenvalue weighted by Crippen LogP contribution is -2.23. The molecule has 1 saturated carbocycles. The second-order valence-electron chi connectivity index (χ2n) is 6.16. The number of benzene rings is 2. The molecule has 3 unspecified atom stereocenters. The Morgan fingerprint density at radius 1 is 1.15 bits per heavy atom. The van der Waals surface area contributed by atoms with E-state index in [1.165, 1.54) is 18.2 Å². The maximum absolute atomic E-state index is 14.2. The summed E-state index contributed by atoms with van der Waals surface area (Å²) in [7, 11) is 0. The number of nitrogens with zero attached hydrogens (tertiary/aromatic N) is 1. The Morgan fingerprint density at radius 3 is 2.65 bits per heavy atom. The molecule has 0 spiro atoms. The van der Waals surface area contributed by atoms with Crippen LogP contribution in [-0.4, -0.2) is 29.3 Å². The maximum atomic E-state index is 14.2. The minimum atomic E-state index is -1.32. The van der Waals surface area contributed by atoms with E-state index in [9.17, 15) is 19.3 Å². The van der Waals surface area contributed by atoms with Gasteiger partial charge in [0.1, 0.15) is 12.3 Å². The SMILES string of the molecule is O=C(OC1CC(OCc2ccccc2)CC1F)c1cccc([N+](=O)[O-])c1. The van der Waals surface area contributed by atoms with Gasteiger partial charge in [0.15, 0.2) is 0 Å². The van der Waals surface area contributed by atoms with Crippen LogP contribution in [0.1, 0.15) is 28.8 Å². The van der Waals surface area contributed by atoms with Crippen LogP contribution in [0.15, 0.2) is 54.6 Å². The number of rotatable bonds is 6. The predicted octanol–water partition coefficient (Wildman–Crippen LogP) is 3.84. The van der Waals surface area contributed by atoms with Crippen LogP contribution in [0.4, 0.5) is 10.1 Å². The van der Waals surface area contributed by atoms with Gasteiger partial charge in [0.2, 0.25) is 0 Å². The van der Waals surface area contributed by atoms with Gasteiger partial charge in [-0.05, 0) is 11.6 Å². The Morgan fingerprint density at radius 2 is 1.92 bits per heavy atom. The molecular formula is C19H18FNO5. The molecule has 2 aromatic carbocycles. The molecule has 1 aliphatic carbocycles. The number of hydrogen-bond donors (Lipinski definition) is 0. The van der Waals surface area contributed by atoms with Crippen LogP contribution in [0.3, 0.4) is 0 Å². The first-order valence-electron chi connectivity index (χ1n) is 8.28. The van der Waals surface area contributed by atoms with Gasteiger partial charge in [-0.3, -0.25) is 10.1 Å². The quantitative estimate of drug-likeness (QED) is 0.445. The van der Waals surface area contributed by atoms with Crippen molar-refractivity contribution in [1.29, 1.82) is 0 Å². The fraction of sp³-hybridized carbons (Fsp3) is 0.316. The number of ether oxygens (including phenoxy) is 2. The Bertz CT molecular complexity index is 783. The summed E-state index contributed by atoms with van der Waals surface area (Å²) in [4.78, 5) is 22.3. The predicted molar refractivity (Wildman–Crippen MR) is 91.4 cm³/mol. The number of halogens is 1. The summed E-state index contributed by atoms with van der Waals surface area (Å²) >= 11 is 0. The summed E-state index contributed by atoms with van der Waals surface area (Å²) in [6.07, 6.45) is -2.16. The number of carbonyl (C=O) groups excluding carboxylic acids is 1. The highest BCUT2D eigenvalue weighted by Crippen LogP contribution is 2.29. The van der Waals surface area contributed by atoms with Crippen molar-refractivity contribution >= 4 is 11.7 Å². The molecule has 6 nitrogen and oxygen atoms in total. The van der Waals surface area contributed by atoms with Crippen molar-refractivity contribution in [2.45, 2.75) is 37.8 Å². The normalized spacial score (nSPS) is 22.1. The van der Waals surface area contributed by atoms with Crippen LogP contribution in [0, 0.1) is 10.1 Å². The van der Waals surface area contributed by atoms with Gasteiger partial charge in [-0.2, -0.15) is 0 Å². The van der Waals surface area contributed by atoms with E-state index in [4.69, 9.17) is 9.47 Å². The van der Waals surface area contributed by atoms with Gasteiger partial charge in [-0.1, -0.05) is 36.4 Å². The molecule has 0 aliphatic heterocycles. The molecule has 0 radical (unpaired) electrons. The first-order chi connectivity index (χ1) is 12.5. The maximum Gasteiger partial charge on any atom is 0.338 e. The summed E-state index contributed by atoms with van der Waals surface area (Å²) in [6, 6.07) is 14.7. The first-order valence-corrected chi connectivity index (χ1v) is 8.28. The number of hydrogen-bond acceptors (Lipinski definition) is 5. The van der Waals surface area contributed by atoms with E-state index in [0.29, 0.717) is 6.61 Å². The number of carbonyl (C=O) groups is 1. The molecule has 1 fully saturated rings. The van der Waals surface area contributed by atoms with Crippen LogP contribution >= 0.6 is 0 Å². The largest absolute Gasteiger partial charge is 0.456 e. The van der Waals surface area contributed by atoms with E-state index in [0.717, 1.165) is 11.6 Å². The summed E-state index contributed by atoms with van der Waals surface area (Å²) in [5, 5.41) is 10.8. The third kappa shape index (κ3) is 4.43. The summed E-state index contributed by atoms with van der Waals surface area (Å²) < 4.78 is 25.1. The second-order valence-corrected chi connectivity index (χ2v) is 6.16. The van der Waals surface area contributed by atoms with Gasteiger partial charge in [-0.15, -0.1) is 0 Å². The molecular weight excluding hydrogens is 341 g/mol. The van der Waals surface area contributed by atoms with Crippen molar-refractivity contribution in [2.24, 2.45) is 0 Å². The van der Waals surface area contributed by atoms with E-state index in [-0.39, 0.29) is 30.2 Å². The molecule has 0 amide bonds. The molecule has 1 aliphatic rings. The van der Waals surface area contributed by atoms with E-state index in [2.05, 4.69) is 0 Å². The standard InChI is InChI=1S/C19H18FNO5/c20-17-10-16(25-12-13-5-2-1-3-6-13)11-18(17)26-19(22)14-7-4-8-15(9-14)21(23)24/h1-9,16-18H,10-12H2. The summed E-state index contributed by atoms with van der Waals surface area (Å²) in [5.41, 5.74) is 0.798. The van der Waals surface area contributed by atoms with E-state index in [1.54, 1.807) is 0 Å². The van der Waals surface area contributed by atoms with Crippen molar-refractivity contribution < 1.29 is 23.6 Å². The number of esters is 1. The Kier molecular flexibility index (Phi) is 5.58. The fourth-order valence-electron chi connectivity index (χ4n) is 2.90. The van der Waals surface area contributed by atoms with E-state index < -0.39 is 23.2 Å². The van der Waals surface area contributed by atoms with Crippen molar-refractivity contribution in [3.05, 3.63) is 75.8 Å². The van der Waals surface area contributed by atoms with Crippen LogP contribution in [0.25, 0.3) is 0 Å². The van der Waals surface area contributed by atoms with Gasteiger partial charge in [0.25, 0.3) is 5.69 Å². The van der Waals surface area contributed by atoms with E-state index >= 15 is 0 Å². The Hall–Kier alpha value is -2.80. The molecule has 7 heteroatoms. The highest BCUT2D eigenvalue weighted by atomic mass is 19.1. The van der Waals surface area contributed by atoms with Gasteiger partial charge in [-0.25, -0.2) is 9.18 Å². The van der Waals surface area contributed by atoms with Crippen molar-refractivity contribution in [3.8, 4) is 0 Å². The lowest BCUT2D eigenvalue weighted by Gasteiger charge is -2.14. The Balaban J connectivity index is 1.55. The highest BCUT2D eigenvalue weighted by Gasteiger charge is 2.38. The number of alkyl halides is 1. The molecule has 26 heavy (non-hydrogen) atoms. The smallest absolute Gasteiger partial charge is 0.338 e. The lowest BCUT2D eigenvalue weighted by atomic mass is 10.2. The van der Waals surface area contributed by atoms with Crippen LogP contribution in [-0.2, 0) is 16.1 Å². The molecule has 0 heterocycles. The minimum absolute atomic E-state index is 0.0278. The number of nitro groups is 1. The van der Waals surface area contributed by atoms with Crippen LogP contribution < -0.4 is 0 Å². The average molecular weight is 359 g/mol. The molecule has 0 aromatic heterocycles. The molecule has 3 rings (SSSR count). The summed E-state index contributed by atoms with van der Waals surface area (Å²) in [5.74, 6) is -0.773. The monoisotopic (exact) mass is 359 g/mol. The molecule has 0 N–H and O–H groups in total. The molecule has 0 saturated heterocycles. The van der Waals surface area contributed by atoms with Crippen LogP contribution in [0.2, 0.25) is 0 Å². The van der Waals surface area contributed by atoms with Crippen LogP contribution in [0.5, 0.6) is 0 Å². The number of nitro benzene ring substituents is 1. The molecule has 0 bridgehead atoms. The second kappa shape index (κ2) is 8.05. The zero-order chi connectivity index (χ0) is 18.5. The van der Waals surface area contributed by atoms with Gasteiger partial charge < -0.3 is 9.47 Å². The van der Waals surface area contributed by atoms with Gasteiger partial charge >= 0.3 is 5.97 Å². The van der Waals surface area contributed by atoms with Crippen molar-refractivity contribution in [1.82, 2.24) is 0 Å². The van der Waals surface area contributed by atoms with Gasteiger partial charge in [0, 0.05) is 25.0 Å². The zero-order valence-corrected chi connectivity index (χ0v) is 13.9. The summed E-state index contributed by atoms with van der Waals surface area (Å²) in [6.45, 7) is 0.365. The lowest BCUT2D eigenvalue weighted by molar-refractivity contribution is -0.384. The topological polar surface area (TPSA) is 78.7 Å². The third-order valence-corrected chi connectivity index (χ3v) is 4.27. The minimum Gasteiger partial charge on any atom is -0.456 e. The van der Waals surface area contributed by atoms with Gasteiger partial charge in [0.05, 0.1) is 23.2 Å². The fourth-order valence-corrected chi connectivity index (χ4v) is 2.90.